The van der Waals surface area contributed by atoms with Gasteiger partial charge >= 0.3 is 12.2 Å². The lowest BCUT2D eigenvalue weighted by molar-refractivity contribution is -0.141. The molecule has 4 amide bonds. The van der Waals surface area contributed by atoms with Crippen LogP contribution in [0, 0.1) is 11.8 Å². The Hall–Kier alpha value is -4.94. The lowest BCUT2D eigenvalue weighted by atomic mass is 10.2. The molecule has 3 aliphatic rings. The monoisotopic (exact) mass is 707 g/mol. The van der Waals surface area contributed by atoms with E-state index < -0.39 is 29.8 Å². The number of likely N-dealkylation sites (tertiary alicyclic amines) is 1. The van der Waals surface area contributed by atoms with E-state index >= 15 is 0 Å². The molecule has 49 heavy (non-hydrogen) atoms. The second kappa shape index (κ2) is 14.3. The number of aliphatic hydroxyl groups excluding tert-OH is 1. The number of carboxylic acid groups (broad SMARTS) is 1. The molecule has 4 heterocycles. The molecular formula is C30H33ClF3N9O6. The Labute approximate surface area is 282 Å². The van der Waals surface area contributed by atoms with E-state index in [9.17, 15) is 32.7 Å². The molecule has 6 N–H and O–H groups in total. The number of piperidine rings is 1. The summed E-state index contributed by atoms with van der Waals surface area (Å²) in [6, 6.07) is 3.66. The number of amides is 4. The van der Waals surface area contributed by atoms with Crippen LogP contribution in [0.4, 0.5) is 23.7 Å². The molecule has 2 saturated heterocycles. The average Bonchev–Trinajstić information content (AvgIpc) is 3.59. The van der Waals surface area contributed by atoms with Gasteiger partial charge in [0.2, 0.25) is 0 Å². The van der Waals surface area contributed by atoms with Crippen molar-refractivity contribution < 1.29 is 42.6 Å². The van der Waals surface area contributed by atoms with E-state index in [2.05, 4.69) is 37.9 Å². The number of anilines is 1. The number of aliphatic hydroxyl groups is 1. The third kappa shape index (κ3) is 7.55. The van der Waals surface area contributed by atoms with E-state index in [1.165, 1.54) is 42.1 Å². The van der Waals surface area contributed by atoms with Gasteiger partial charge in [-0.25, -0.2) is 9.78 Å². The molecule has 3 aromatic rings. The zero-order valence-electron chi connectivity index (χ0n) is 25.9. The van der Waals surface area contributed by atoms with Crippen molar-refractivity contribution in [3.8, 4) is 11.3 Å². The smallest absolute Gasteiger partial charge is 0.435 e. The van der Waals surface area contributed by atoms with Crippen LogP contribution in [0.1, 0.15) is 26.7 Å². The molecule has 1 aliphatic carbocycles. The van der Waals surface area contributed by atoms with Gasteiger partial charge < -0.3 is 40.9 Å². The van der Waals surface area contributed by atoms with Crippen molar-refractivity contribution in [3.63, 3.8) is 0 Å². The predicted molar refractivity (Wildman–Crippen MR) is 169 cm³/mol. The van der Waals surface area contributed by atoms with Crippen LogP contribution in [0.5, 0.6) is 0 Å². The Morgan fingerprint density at radius 1 is 1.16 bits per heavy atom. The third-order valence-electron chi connectivity index (χ3n) is 8.56. The van der Waals surface area contributed by atoms with Gasteiger partial charge in [0, 0.05) is 63.0 Å². The predicted octanol–water partition coefficient (Wildman–Crippen LogP) is 1.80. The van der Waals surface area contributed by atoms with Crippen molar-refractivity contribution in [1.82, 2.24) is 40.2 Å². The number of allylic oxidation sites excluding steroid dienone is 1. The van der Waals surface area contributed by atoms with Gasteiger partial charge in [0.05, 0.1) is 46.7 Å². The number of carbonyl (C=O) groups is 4. The number of nitrogens with one attached hydrogen (secondary N) is 4. The maximum atomic E-state index is 13.7. The highest BCUT2D eigenvalue weighted by Gasteiger charge is 2.57. The number of carbonyl (C=O) groups excluding carboxylic acids is 3. The number of benzene rings is 1. The molecule has 15 nitrogen and oxygen atoms in total. The number of hydrogen-bond acceptors (Lipinski definition) is 8. The molecule has 262 valence electrons. The number of urea groups is 1. The van der Waals surface area contributed by atoms with Crippen molar-refractivity contribution in [2.45, 2.75) is 30.9 Å². The Morgan fingerprint density at radius 3 is 2.45 bits per heavy atom. The minimum absolute atomic E-state index is 0.0383. The molecule has 0 radical (unpaired) electrons. The van der Waals surface area contributed by atoms with E-state index in [0.717, 1.165) is 10.9 Å². The highest BCUT2D eigenvalue weighted by atomic mass is 35.5. The number of rotatable bonds is 8. The number of fused-ring (bicyclic) bond motifs is 1. The molecule has 6 rings (SSSR count). The van der Waals surface area contributed by atoms with Crippen molar-refractivity contribution in [2.75, 3.05) is 31.5 Å². The van der Waals surface area contributed by atoms with Crippen molar-refractivity contribution in [1.29, 1.82) is 0 Å². The summed E-state index contributed by atoms with van der Waals surface area (Å²) >= 11 is 6.40. The SMILES string of the molecule is C=CCn1cc(-c2cnc(C(=O)Nc3ccc(C(=O)N[C@H]4[C@@H]5CN(C(=O)N[C@@H]6CNC[C@H]6O)C[C@@H]54)c(Cl)c3)n2C)c(C(F)(F)F)n1.O=CO. The summed E-state index contributed by atoms with van der Waals surface area (Å²) in [5.41, 5.74) is -0.869. The first-order valence-electron chi connectivity index (χ1n) is 15.0. The van der Waals surface area contributed by atoms with E-state index in [0.29, 0.717) is 26.2 Å². The Bertz CT molecular complexity index is 1750. The Balaban J connectivity index is 0.00000151. The zero-order valence-corrected chi connectivity index (χ0v) is 26.7. The Morgan fingerprint density at radius 2 is 1.86 bits per heavy atom. The lowest BCUT2D eigenvalue weighted by Gasteiger charge is -2.24. The van der Waals surface area contributed by atoms with E-state index in [4.69, 9.17) is 21.5 Å². The van der Waals surface area contributed by atoms with Crippen molar-refractivity contribution in [3.05, 3.63) is 65.4 Å². The number of nitrogens with zero attached hydrogens (tertiary/aromatic N) is 5. The number of alkyl halides is 3. The van der Waals surface area contributed by atoms with E-state index in [1.807, 2.05) is 0 Å². The number of β-amino-alcohol motifs (C(OH)–C–C–N with tert-alkyl or cyclic N) is 1. The van der Waals surface area contributed by atoms with Gasteiger partial charge in [-0.3, -0.25) is 19.1 Å². The maximum absolute atomic E-state index is 13.7. The van der Waals surface area contributed by atoms with Gasteiger partial charge in [-0.1, -0.05) is 17.7 Å². The fourth-order valence-corrected chi connectivity index (χ4v) is 6.34. The first-order chi connectivity index (χ1) is 23.3. The van der Waals surface area contributed by atoms with Crippen LogP contribution in [-0.4, -0.2) is 103 Å². The van der Waals surface area contributed by atoms with Gasteiger partial charge in [0.25, 0.3) is 18.3 Å². The minimum Gasteiger partial charge on any atom is -0.483 e. The van der Waals surface area contributed by atoms with Crippen LogP contribution >= 0.6 is 11.6 Å². The third-order valence-corrected chi connectivity index (χ3v) is 8.87. The summed E-state index contributed by atoms with van der Waals surface area (Å²) in [5.74, 6) is -1.02. The fraction of sp³-hybridized carbons (Fsp3) is 0.400. The number of hydrogen-bond donors (Lipinski definition) is 6. The molecule has 19 heteroatoms. The molecule has 0 bridgehead atoms. The van der Waals surface area contributed by atoms with Crippen LogP contribution in [0.3, 0.4) is 0 Å². The number of halogens is 4. The summed E-state index contributed by atoms with van der Waals surface area (Å²) in [5, 5.41) is 31.9. The summed E-state index contributed by atoms with van der Waals surface area (Å²) in [7, 11) is 1.42. The molecule has 0 spiro atoms. The largest absolute Gasteiger partial charge is 0.483 e. The number of imidazole rings is 1. The molecule has 5 atom stereocenters. The molecule has 0 unspecified atom stereocenters. The van der Waals surface area contributed by atoms with Gasteiger partial charge in [-0.05, 0) is 18.2 Å². The first-order valence-corrected chi connectivity index (χ1v) is 15.4. The van der Waals surface area contributed by atoms with Gasteiger partial charge in [-0.2, -0.15) is 18.3 Å². The Kier molecular flexibility index (Phi) is 10.3. The fourth-order valence-electron chi connectivity index (χ4n) is 6.08. The summed E-state index contributed by atoms with van der Waals surface area (Å²) < 4.78 is 43.3. The van der Waals surface area contributed by atoms with Crippen molar-refractivity contribution in [2.24, 2.45) is 18.9 Å². The molecule has 2 aliphatic heterocycles. The topological polar surface area (TPSA) is 196 Å². The summed E-state index contributed by atoms with van der Waals surface area (Å²) in [4.78, 5) is 52.7. The molecule has 2 aromatic heterocycles. The quantitative estimate of drug-likeness (QED) is 0.149. The standard InChI is InChI=1S/C29H31ClF3N9O4.CH2O2/c1-3-6-42-13-18(24(39-42)29(31,32)33)21-9-35-25(40(21)2)27(45)36-14-4-5-15(19(30)7-14)26(44)38-23-16-11-41(12-17(16)23)28(46)37-20-8-34-10-22(20)43;2-1-3/h3-5,7,9,13,16-17,20,22-23,34,43H,1,6,8,10-12H2,2H3,(H,36,45)(H,37,46)(H,38,44);1H,(H,2,3)/t16-,17+,20-,22-,23+;/m1./s1. The normalized spacial score (nSPS) is 22.4. The number of aromatic nitrogens is 4. The summed E-state index contributed by atoms with van der Waals surface area (Å²) in [6.07, 6.45) is -1.56. The zero-order chi connectivity index (χ0) is 35.6. The van der Waals surface area contributed by atoms with Gasteiger partial charge in [0.15, 0.2) is 11.5 Å². The minimum atomic E-state index is -4.73. The van der Waals surface area contributed by atoms with Crippen LogP contribution in [0.25, 0.3) is 11.3 Å². The highest BCUT2D eigenvalue weighted by Crippen LogP contribution is 2.45. The van der Waals surface area contributed by atoms with Crippen LogP contribution < -0.4 is 21.3 Å². The van der Waals surface area contributed by atoms with E-state index in [-0.39, 0.29) is 76.3 Å². The van der Waals surface area contributed by atoms with E-state index in [1.54, 1.807) is 4.90 Å². The van der Waals surface area contributed by atoms with Crippen molar-refractivity contribution >= 4 is 41.6 Å². The van der Waals surface area contributed by atoms with Crippen LogP contribution in [0.15, 0.2) is 43.2 Å². The van der Waals surface area contributed by atoms with Gasteiger partial charge in [0.1, 0.15) is 0 Å². The molecule has 3 fully saturated rings. The van der Waals surface area contributed by atoms with Gasteiger partial charge in [-0.15, -0.1) is 6.58 Å². The second-order valence-corrected chi connectivity index (χ2v) is 12.1. The highest BCUT2D eigenvalue weighted by molar-refractivity contribution is 6.34. The van der Waals surface area contributed by atoms with Crippen LogP contribution in [-0.2, 0) is 24.6 Å². The van der Waals surface area contributed by atoms with Crippen LogP contribution in [0.2, 0.25) is 5.02 Å². The second-order valence-electron chi connectivity index (χ2n) is 11.7. The molecule has 1 saturated carbocycles. The molecular weight excluding hydrogens is 675 g/mol. The first kappa shape index (κ1) is 35.4. The lowest BCUT2D eigenvalue weighted by Crippen LogP contribution is -2.49. The average molecular weight is 708 g/mol. The summed E-state index contributed by atoms with van der Waals surface area (Å²) in [6.45, 7) is 5.25. The maximum Gasteiger partial charge on any atom is 0.435 e. The molecule has 1 aromatic carbocycles.